The van der Waals surface area contributed by atoms with Crippen LogP contribution in [0.2, 0.25) is 0 Å². The summed E-state index contributed by atoms with van der Waals surface area (Å²) in [6.45, 7) is 10.3. The highest BCUT2D eigenvalue weighted by molar-refractivity contribution is 14.0. The molecule has 0 amide bonds. The quantitative estimate of drug-likeness (QED) is 0.363. The summed E-state index contributed by atoms with van der Waals surface area (Å²) in [6.07, 6.45) is 2.78. The molecule has 0 bridgehead atoms. The van der Waals surface area contributed by atoms with E-state index in [9.17, 15) is 5.11 Å². The molecule has 7 nitrogen and oxygen atoms in total. The summed E-state index contributed by atoms with van der Waals surface area (Å²) in [5, 5.41) is 13.5. The number of anilines is 1. The van der Waals surface area contributed by atoms with Crippen LogP contribution in [0.1, 0.15) is 19.8 Å². The Labute approximate surface area is 191 Å². The standard InChI is InChI=1S/C21H33N5O2.HI/c1-2-22-21(23-14-18-15-26-9-5-6-17(26)16-28-18)25-12-10-24(11-13-25)19-7-3-4-8-20(19)27;/h3-4,7-8,17-18,27H,2,5-6,9-16H2,1H3,(H,22,23);1H. The number of rotatable bonds is 4. The first kappa shape index (κ1) is 22.4. The van der Waals surface area contributed by atoms with Gasteiger partial charge in [-0.25, -0.2) is 0 Å². The van der Waals surface area contributed by atoms with Gasteiger partial charge in [0.05, 0.1) is 24.9 Å². The van der Waals surface area contributed by atoms with Gasteiger partial charge < -0.3 is 25.0 Å². The smallest absolute Gasteiger partial charge is 0.194 e. The molecule has 162 valence electrons. The normalized spacial score (nSPS) is 25.5. The number of aliphatic imine (C=N–C) groups is 1. The fraction of sp³-hybridized carbons (Fsp3) is 0.667. The lowest BCUT2D eigenvalue weighted by molar-refractivity contribution is -0.0432. The molecule has 8 heteroatoms. The van der Waals surface area contributed by atoms with E-state index >= 15 is 0 Å². The van der Waals surface area contributed by atoms with Crippen LogP contribution < -0.4 is 10.2 Å². The molecule has 1 aromatic rings. The predicted octanol–water partition coefficient (Wildman–Crippen LogP) is 1.96. The fourth-order valence-electron chi connectivity index (χ4n) is 4.50. The highest BCUT2D eigenvalue weighted by Gasteiger charge is 2.32. The maximum absolute atomic E-state index is 10.1. The van der Waals surface area contributed by atoms with Gasteiger partial charge in [-0.05, 0) is 38.4 Å². The molecular formula is C21H34IN5O2. The van der Waals surface area contributed by atoms with Crippen molar-refractivity contribution in [1.29, 1.82) is 0 Å². The van der Waals surface area contributed by atoms with Crippen LogP contribution in [-0.4, -0.2) is 92.0 Å². The Balaban J connectivity index is 0.00000240. The second kappa shape index (κ2) is 10.7. The Morgan fingerprint density at radius 2 is 2.00 bits per heavy atom. The number of piperazine rings is 1. The van der Waals surface area contributed by atoms with Crippen LogP contribution in [0.5, 0.6) is 5.75 Å². The number of phenolic OH excluding ortho intramolecular Hbond substituents is 1. The van der Waals surface area contributed by atoms with E-state index in [-0.39, 0.29) is 30.1 Å². The first-order chi connectivity index (χ1) is 13.7. The molecule has 29 heavy (non-hydrogen) atoms. The van der Waals surface area contributed by atoms with Gasteiger partial charge in [0.2, 0.25) is 0 Å². The third-order valence-electron chi connectivity index (χ3n) is 6.04. The van der Waals surface area contributed by atoms with Crippen LogP contribution in [0.4, 0.5) is 5.69 Å². The molecule has 1 aromatic carbocycles. The van der Waals surface area contributed by atoms with Crippen molar-refractivity contribution < 1.29 is 9.84 Å². The lowest BCUT2D eigenvalue weighted by atomic mass is 10.2. The van der Waals surface area contributed by atoms with Crippen molar-refractivity contribution in [2.75, 3.05) is 63.9 Å². The number of hydrogen-bond donors (Lipinski definition) is 2. The lowest BCUT2D eigenvalue weighted by Crippen LogP contribution is -2.53. The van der Waals surface area contributed by atoms with E-state index in [0.29, 0.717) is 18.3 Å². The number of hydrogen-bond acceptors (Lipinski definition) is 5. The van der Waals surface area contributed by atoms with Gasteiger partial charge in [0.15, 0.2) is 5.96 Å². The third-order valence-corrected chi connectivity index (χ3v) is 6.04. The lowest BCUT2D eigenvalue weighted by Gasteiger charge is -2.38. The van der Waals surface area contributed by atoms with Gasteiger partial charge in [-0.1, -0.05) is 12.1 Å². The SMILES string of the molecule is CCNC(=NCC1CN2CCCC2CO1)N1CCN(c2ccccc2O)CC1.I. The van der Waals surface area contributed by atoms with Crippen molar-refractivity contribution in [2.24, 2.45) is 4.99 Å². The molecule has 0 radical (unpaired) electrons. The van der Waals surface area contributed by atoms with Crippen molar-refractivity contribution >= 4 is 35.6 Å². The molecule has 2 N–H and O–H groups in total. The van der Waals surface area contributed by atoms with E-state index in [2.05, 4.69) is 26.9 Å². The second-order valence-corrected chi connectivity index (χ2v) is 7.90. The fourth-order valence-corrected chi connectivity index (χ4v) is 4.50. The molecule has 3 aliphatic heterocycles. The minimum atomic E-state index is 0. The van der Waals surface area contributed by atoms with Crippen LogP contribution in [0.15, 0.2) is 29.3 Å². The zero-order chi connectivity index (χ0) is 19.3. The summed E-state index contributed by atoms with van der Waals surface area (Å²) < 4.78 is 6.06. The van der Waals surface area contributed by atoms with Gasteiger partial charge in [0.1, 0.15) is 5.75 Å². The van der Waals surface area contributed by atoms with E-state index in [4.69, 9.17) is 9.73 Å². The predicted molar refractivity (Wildman–Crippen MR) is 128 cm³/mol. The molecule has 3 fully saturated rings. The van der Waals surface area contributed by atoms with E-state index in [1.54, 1.807) is 6.07 Å². The number of ether oxygens (including phenoxy) is 1. The molecular weight excluding hydrogens is 481 g/mol. The highest BCUT2D eigenvalue weighted by Crippen LogP contribution is 2.27. The van der Waals surface area contributed by atoms with Crippen LogP contribution >= 0.6 is 24.0 Å². The van der Waals surface area contributed by atoms with Gasteiger partial charge in [0, 0.05) is 45.3 Å². The van der Waals surface area contributed by atoms with Crippen LogP contribution in [0.3, 0.4) is 0 Å². The zero-order valence-corrected chi connectivity index (χ0v) is 19.6. The number of phenols is 1. The average Bonchev–Trinajstić information content (AvgIpc) is 3.20. The molecule has 0 spiro atoms. The average molecular weight is 515 g/mol. The van der Waals surface area contributed by atoms with Gasteiger partial charge in [-0.3, -0.25) is 9.89 Å². The number of morpholine rings is 1. The topological polar surface area (TPSA) is 63.6 Å². The van der Waals surface area contributed by atoms with Gasteiger partial charge in [-0.2, -0.15) is 0 Å². The Kier molecular flexibility index (Phi) is 8.25. The number of benzene rings is 1. The van der Waals surface area contributed by atoms with Gasteiger partial charge in [-0.15, -0.1) is 24.0 Å². The zero-order valence-electron chi connectivity index (χ0n) is 17.3. The molecule has 2 atom stereocenters. The van der Waals surface area contributed by atoms with Crippen LogP contribution in [0.25, 0.3) is 0 Å². The number of halogens is 1. The number of para-hydroxylation sites is 2. The minimum Gasteiger partial charge on any atom is -0.506 e. The Morgan fingerprint density at radius 1 is 1.21 bits per heavy atom. The Hall–Kier alpha value is -1.26. The molecule has 2 unspecified atom stereocenters. The molecule has 3 saturated heterocycles. The minimum absolute atomic E-state index is 0. The molecule has 0 aliphatic carbocycles. The van der Waals surface area contributed by atoms with Gasteiger partial charge in [0.25, 0.3) is 0 Å². The van der Waals surface area contributed by atoms with Crippen molar-refractivity contribution in [1.82, 2.24) is 15.1 Å². The Bertz CT molecular complexity index is 681. The van der Waals surface area contributed by atoms with E-state index < -0.39 is 0 Å². The van der Waals surface area contributed by atoms with Crippen LogP contribution in [-0.2, 0) is 4.74 Å². The summed E-state index contributed by atoms with van der Waals surface area (Å²) in [4.78, 5) is 12.0. The van der Waals surface area contributed by atoms with Crippen LogP contribution in [0, 0.1) is 0 Å². The van der Waals surface area contributed by atoms with Crippen molar-refractivity contribution in [3.8, 4) is 5.75 Å². The summed E-state index contributed by atoms with van der Waals surface area (Å²) in [5.74, 6) is 1.33. The number of nitrogens with zero attached hydrogens (tertiary/aromatic N) is 4. The first-order valence-corrected chi connectivity index (χ1v) is 10.7. The monoisotopic (exact) mass is 515 g/mol. The number of fused-ring (bicyclic) bond motifs is 1. The second-order valence-electron chi connectivity index (χ2n) is 7.90. The largest absolute Gasteiger partial charge is 0.506 e. The third kappa shape index (κ3) is 5.46. The van der Waals surface area contributed by atoms with E-state index in [1.165, 1.54) is 19.4 Å². The van der Waals surface area contributed by atoms with E-state index in [0.717, 1.165) is 57.5 Å². The molecule has 3 heterocycles. The maximum atomic E-state index is 10.1. The summed E-state index contributed by atoms with van der Waals surface area (Å²) in [5.41, 5.74) is 0.917. The van der Waals surface area contributed by atoms with E-state index in [1.807, 2.05) is 18.2 Å². The summed E-state index contributed by atoms with van der Waals surface area (Å²) in [7, 11) is 0. The molecule has 0 saturated carbocycles. The van der Waals surface area contributed by atoms with Crippen molar-refractivity contribution in [3.05, 3.63) is 24.3 Å². The summed E-state index contributed by atoms with van der Waals surface area (Å²) in [6, 6.07) is 8.21. The maximum Gasteiger partial charge on any atom is 0.194 e. The molecule has 3 aliphatic rings. The highest BCUT2D eigenvalue weighted by atomic mass is 127. The first-order valence-electron chi connectivity index (χ1n) is 10.7. The number of guanidine groups is 1. The molecule has 4 rings (SSSR count). The summed E-state index contributed by atoms with van der Waals surface area (Å²) >= 11 is 0. The number of aromatic hydroxyl groups is 1. The number of nitrogens with one attached hydrogen (secondary N) is 1. The van der Waals surface area contributed by atoms with Gasteiger partial charge >= 0.3 is 0 Å². The Morgan fingerprint density at radius 3 is 2.76 bits per heavy atom. The van der Waals surface area contributed by atoms with Crippen molar-refractivity contribution in [3.63, 3.8) is 0 Å². The molecule has 0 aromatic heterocycles. The van der Waals surface area contributed by atoms with Crippen molar-refractivity contribution in [2.45, 2.75) is 31.9 Å².